The molecule has 1 aliphatic heterocycles. The molecule has 7 nitrogen and oxygen atoms in total. The third kappa shape index (κ3) is 4.82. The number of amides is 2. The Bertz CT molecular complexity index is 1210. The molecular weight excluding hydrogens is 468 g/mol. The van der Waals surface area contributed by atoms with E-state index in [1.54, 1.807) is 60.0 Å². The Morgan fingerprint density at radius 2 is 1.81 bits per heavy atom. The van der Waals surface area contributed by atoms with Crippen molar-refractivity contribution in [1.29, 1.82) is 0 Å². The first-order chi connectivity index (χ1) is 15.4. The highest BCUT2D eigenvalue weighted by atomic mass is 32.2. The Morgan fingerprint density at radius 3 is 2.44 bits per heavy atom. The minimum absolute atomic E-state index is 0.101. The lowest BCUT2D eigenvalue weighted by atomic mass is 10.3. The van der Waals surface area contributed by atoms with Crippen molar-refractivity contribution in [3.8, 4) is 5.75 Å². The number of imide groups is 1. The van der Waals surface area contributed by atoms with E-state index < -0.39 is 15.3 Å². The molecule has 1 aliphatic rings. The van der Waals surface area contributed by atoms with Crippen LogP contribution >= 0.6 is 23.1 Å². The van der Waals surface area contributed by atoms with Gasteiger partial charge in [-0.25, -0.2) is 13.3 Å². The van der Waals surface area contributed by atoms with Crippen LogP contribution in [0.5, 0.6) is 5.75 Å². The number of hydrogen-bond acceptors (Lipinski definition) is 7. The van der Waals surface area contributed by atoms with Gasteiger partial charge in [-0.05, 0) is 66.9 Å². The smallest absolute Gasteiger partial charge is 0.271 e. The van der Waals surface area contributed by atoms with E-state index in [1.165, 1.54) is 22.7 Å². The SMILES string of the molecule is CCOc1ccc(N2C(=O)CC(Sc3ccc(NS(=O)(=O)c4cccs4)cc3)C2=O)cc1. The molecule has 0 spiro atoms. The fourth-order valence-electron chi connectivity index (χ4n) is 3.21. The summed E-state index contributed by atoms with van der Waals surface area (Å²) < 4.78 is 32.8. The fourth-order valence-corrected chi connectivity index (χ4v) is 6.32. The Morgan fingerprint density at radius 1 is 1.09 bits per heavy atom. The van der Waals surface area contributed by atoms with Gasteiger partial charge >= 0.3 is 0 Å². The van der Waals surface area contributed by atoms with Gasteiger partial charge in [-0.1, -0.05) is 6.07 Å². The van der Waals surface area contributed by atoms with Crippen LogP contribution in [0, 0.1) is 0 Å². The minimum Gasteiger partial charge on any atom is -0.494 e. The van der Waals surface area contributed by atoms with Crippen molar-refractivity contribution in [3.05, 3.63) is 66.0 Å². The molecule has 1 unspecified atom stereocenters. The van der Waals surface area contributed by atoms with Crippen molar-refractivity contribution in [1.82, 2.24) is 0 Å². The zero-order valence-corrected chi connectivity index (χ0v) is 19.5. The minimum atomic E-state index is -3.62. The van der Waals surface area contributed by atoms with Crippen LogP contribution in [0.15, 0.2) is 75.1 Å². The number of nitrogens with zero attached hydrogens (tertiary/aromatic N) is 1. The van der Waals surface area contributed by atoms with Crippen molar-refractivity contribution in [2.24, 2.45) is 0 Å². The van der Waals surface area contributed by atoms with Gasteiger partial charge in [0.25, 0.3) is 10.0 Å². The summed E-state index contributed by atoms with van der Waals surface area (Å²) in [6, 6.07) is 16.8. The van der Waals surface area contributed by atoms with Gasteiger partial charge in [0.1, 0.15) is 9.96 Å². The van der Waals surface area contributed by atoms with E-state index >= 15 is 0 Å². The summed E-state index contributed by atoms with van der Waals surface area (Å²) in [6.07, 6.45) is 0.101. The summed E-state index contributed by atoms with van der Waals surface area (Å²) in [4.78, 5) is 27.4. The first kappa shape index (κ1) is 22.4. The van der Waals surface area contributed by atoms with Gasteiger partial charge in [0, 0.05) is 17.0 Å². The lowest BCUT2D eigenvalue weighted by molar-refractivity contribution is -0.121. The van der Waals surface area contributed by atoms with Gasteiger partial charge in [-0.15, -0.1) is 23.1 Å². The van der Waals surface area contributed by atoms with Gasteiger partial charge in [0.15, 0.2) is 0 Å². The Kier molecular flexibility index (Phi) is 6.54. The number of rotatable bonds is 8. The molecule has 0 saturated carbocycles. The predicted octanol–water partition coefficient (Wildman–Crippen LogP) is 4.37. The number of ether oxygens (including phenoxy) is 1. The van der Waals surface area contributed by atoms with Gasteiger partial charge in [-0.3, -0.25) is 14.3 Å². The van der Waals surface area contributed by atoms with Gasteiger partial charge in [0.05, 0.1) is 17.5 Å². The second-order valence-electron chi connectivity index (χ2n) is 6.87. The van der Waals surface area contributed by atoms with E-state index in [4.69, 9.17) is 4.74 Å². The normalized spacial score (nSPS) is 16.4. The number of carbonyl (C=O) groups is 2. The largest absolute Gasteiger partial charge is 0.494 e. The van der Waals surface area contributed by atoms with Crippen LogP contribution in [-0.2, 0) is 19.6 Å². The van der Waals surface area contributed by atoms with Crippen molar-refractivity contribution in [2.45, 2.75) is 27.7 Å². The van der Waals surface area contributed by atoms with E-state index in [0.29, 0.717) is 23.7 Å². The number of nitrogens with one attached hydrogen (secondary N) is 1. The average molecular weight is 489 g/mol. The number of benzene rings is 2. The highest BCUT2D eigenvalue weighted by Gasteiger charge is 2.40. The van der Waals surface area contributed by atoms with E-state index in [9.17, 15) is 18.0 Å². The van der Waals surface area contributed by atoms with Crippen LogP contribution in [0.3, 0.4) is 0 Å². The van der Waals surface area contributed by atoms with Crippen LogP contribution in [0.2, 0.25) is 0 Å². The third-order valence-corrected chi connectivity index (χ3v) is 8.63. The highest BCUT2D eigenvalue weighted by Crippen LogP contribution is 2.35. The number of carbonyl (C=O) groups excluding carboxylic acids is 2. The predicted molar refractivity (Wildman–Crippen MR) is 126 cm³/mol. The molecule has 0 aliphatic carbocycles. The quantitative estimate of drug-likeness (QED) is 0.473. The molecule has 10 heteroatoms. The van der Waals surface area contributed by atoms with E-state index in [0.717, 1.165) is 16.2 Å². The summed E-state index contributed by atoms with van der Waals surface area (Å²) in [7, 11) is -3.62. The molecule has 2 heterocycles. The zero-order valence-electron chi connectivity index (χ0n) is 17.1. The lowest BCUT2D eigenvalue weighted by Gasteiger charge is -2.15. The molecule has 2 amide bonds. The molecular formula is C22H20N2O5S3. The topological polar surface area (TPSA) is 92.8 Å². The summed E-state index contributed by atoms with van der Waals surface area (Å²) in [5, 5.41) is 1.16. The number of anilines is 2. The maximum absolute atomic E-state index is 12.9. The molecule has 1 atom stereocenters. The first-order valence-corrected chi connectivity index (χ1v) is 13.0. The van der Waals surface area contributed by atoms with Crippen LogP contribution in [0.25, 0.3) is 0 Å². The van der Waals surface area contributed by atoms with Gasteiger partial charge in [-0.2, -0.15) is 0 Å². The van der Waals surface area contributed by atoms with Crippen LogP contribution in [0.4, 0.5) is 11.4 Å². The molecule has 166 valence electrons. The van der Waals surface area contributed by atoms with E-state index in [2.05, 4.69) is 4.72 Å². The van der Waals surface area contributed by atoms with Gasteiger partial charge < -0.3 is 4.74 Å². The molecule has 1 aromatic heterocycles. The first-order valence-electron chi connectivity index (χ1n) is 9.80. The molecule has 4 rings (SSSR count). The van der Waals surface area contributed by atoms with Crippen molar-refractivity contribution in [3.63, 3.8) is 0 Å². The maximum Gasteiger partial charge on any atom is 0.271 e. The van der Waals surface area contributed by atoms with Crippen LogP contribution < -0.4 is 14.4 Å². The molecule has 0 bridgehead atoms. The number of thioether (sulfide) groups is 1. The van der Waals surface area contributed by atoms with E-state index in [1.807, 2.05) is 6.92 Å². The summed E-state index contributed by atoms with van der Waals surface area (Å²) in [5.74, 6) is 0.152. The monoisotopic (exact) mass is 488 g/mol. The molecule has 32 heavy (non-hydrogen) atoms. The molecule has 0 radical (unpaired) electrons. The van der Waals surface area contributed by atoms with Gasteiger partial charge in [0.2, 0.25) is 11.8 Å². The fraction of sp³-hybridized carbons (Fsp3) is 0.182. The Balaban J connectivity index is 1.42. The summed E-state index contributed by atoms with van der Waals surface area (Å²) >= 11 is 2.43. The second-order valence-corrected chi connectivity index (χ2v) is 11.0. The lowest BCUT2D eigenvalue weighted by Crippen LogP contribution is -2.31. The molecule has 3 aromatic rings. The zero-order chi connectivity index (χ0) is 22.7. The van der Waals surface area contributed by atoms with Crippen molar-refractivity contribution in [2.75, 3.05) is 16.2 Å². The van der Waals surface area contributed by atoms with E-state index in [-0.39, 0.29) is 22.4 Å². The van der Waals surface area contributed by atoms with Crippen LogP contribution in [0.1, 0.15) is 13.3 Å². The molecule has 1 N–H and O–H groups in total. The standard InChI is InChI=1S/C22H20N2O5S3/c1-2-29-17-9-7-16(8-10-17)24-20(25)14-19(22(24)26)31-18-11-5-15(6-12-18)23-32(27,28)21-4-3-13-30-21/h3-13,19,23H,2,14H2,1H3. The van der Waals surface area contributed by atoms with Crippen LogP contribution in [-0.4, -0.2) is 32.1 Å². The average Bonchev–Trinajstić information content (AvgIpc) is 3.40. The number of thiophene rings is 1. The molecule has 1 fully saturated rings. The summed E-state index contributed by atoms with van der Waals surface area (Å²) in [5.41, 5.74) is 0.942. The third-order valence-electron chi connectivity index (χ3n) is 4.66. The van der Waals surface area contributed by atoms with Crippen molar-refractivity contribution < 1.29 is 22.7 Å². The highest BCUT2D eigenvalue weighted by molar-refractivity contribution is 8.00. The number of sulfonamides is 1. The van der Waals surface area contributed by atoms with Crippen molar-refractivity contribution >= 4 is 56.3 Å². The Labute approximate surface area is 194 Å². The number of hydrogen-bond donors (Lipinski definition) is 1. The second kappa shape index (κ2) is 9.35. The summed E-state index contributed by atoms with van der Waals surface area (Å²) in [6.45, 7) is 2.42. The Hall–Kier alpha value is -2.82. The molecule has 2 aromatic carbocycles. The maximum atomic E-state index is 12.9. The molecule has 1 saturated heterocycles.